The van der Waals surface area contributed by atoms with E-state index in [2.05, 4.69) is 0 Å². The van der Waals surface area contributed by atoms with Gasteiger partial charge in [0.25, 0.3) is 0 Å². The lowest BCUT2D eigenvalue weighted by molar-refractivity contribution is 0.224. The van der Waals surface area contributed by atoms with Crippen LogP contribution in [0.25, 0.3) is 0 Å². The van der Waals surface area contributed by atoms with Crippen molar-refractivity contribution in [3.63, 3.8) is 0 Å². The fraction of sp³-hybridized carbons (Fsp3) is 0.538. The Morgan fingerprint density at radius 1 is 1.35 bits per heavy atom. The highest BCUT2D eigenvalue weighted by atomic mass is 16.5. The highest BCUT2D eigenvalue weighted by molar-refractivity contribution is 5.53. The molecule has 1 aliphatic rings. The Kier molecular flexibility index (Phi) is 3.74. The maximum atomic E-state index is 9.10. The number of aliphatic hydroxyl groups excluding tert-OH is 1. The second-order valence-electron chi connectivity index (χ2n) is 4.09. The van der Waals surface area contributed by atoms with E-state index in [1.165, 1.54) is 0 Å². The minimum Gasteiger partial charge on any atom is -0.496 e. The van der Waals surface area contributed by atoms with Gasteiger partial charge in [0.05, 0.1) is 20.8 Å². The molecule has 0 saturated carbocycles. The summed E-state index contributed by atoms with van der Waals surface area (Å²) in [4.78, 5) is 0. The highest BCUT2D eigenvalue weighted by Gasteiger charge is 2.26. The van der Waals surface area contributed by atoms with Crippen molar-refractivity contribution in [3.8, 4) is 17.2 Å². The maximum Gasteiger partial charge on any atom is 0.130 e. The van der Waals surface area contributed by atoms with Crippen LogP contribution >= 0.6 is 0 Å². The molecule has 0 bridgehead atoms. The van der Waals surface area contributed by atoms with Crippen molar-refractivity contribution < 1.29 is 19.3 Å². The summed E-state index contributed by atoms with van der Waals surface area (Å²) in [7, 11) is 3.26. The molecule has 1 aliphatic heterocycles. The van der Waals surface area contributed by atoms with Gasteiger partial charge in [-0.1, -0.05) is 0 Å². The second kappa shape index (κ2) is 5.27. The molecule has 94 valence electrons. The van der Waals surface area contributed by atoms with E-state index in [0.717, 1.165) is 35.7 Å². The summed E-state index contributed by atoms with van der Waals surface area (Å²) in [6.07, 6.45) is 1.65. The third-order valence-electron chi connectivity index (χ3n) is 3.14. The standard InChI is InChI=1S/C13H18O4/c1-15-10-7-11(16-2)13-9(3-5-14)4-6-17-12(13)8-10/h7-9,14H,3-6H2,1-2H3/t9-/m1/s1. The summed E-state index contributed by atoms with van der Waals surface area (Å²) < 4.78 is 16.2. The van der Waals surface area contributed by atoms with E-state index < -0.39 is 0 Å². The normalized spacial score (nSPS) is 18.2. The Bertz CT molecular complexity index is 372. The van der Waals surface area contributed by atoms with Crippen molar-refractivity contribution in [1.82, 2.24) is 0 Å². The van der Waals surface area contributed by atoms with Crippen LogP contribution in [0.1, 0.15) is 24.3 Å². The van der Waals surface area contributed by atoms with Gasteiger partial charge >= 0.3 is 0 Å². The number of methoxy groups -OCH3 is 2. The lowest BCUT2D eigenvalue weighted by Gasteiger charge is -2.27. The predicted octanol–water partition coefficient (Wildman–Crippen LogP) is 1.95. The van der Waals surface area contributed by atoms with Gasteiger partial charge in [-0.15, -0.1) is 0 Å². The summed E-state index contributed by atoms with van der Waals surface area (Å²) in [6, 6.07) is 3.74. The molecule has 0 saturated heterocycles. The number of rotatable bonds is 4. The fourth-order valence-electron chi connectivity index (χ4n) is 2.29. The number of hydrogen-bond acceptors (Lipinski definition) is 4. The molecule has 1 aromatic carbocycles. The first-order chi connectivity index (χ1) is 8.30. The Labute approximate surface area is 101 Å². The van der Waals surface area contributed by atoms with Gasteiger partial charge in [-0.25, -0.2) is 0 Å². The van der Waals surface area contributed by atoms with Gasteiger partial charge in [0.1, 0.15) is 17.2 Å². The zero-order valence-corrected chi connectivity index (χ0v) is 10.2. The predicted molar refractivity (Wildman–Crippen MR) is 64.1 cm³/mol. The second-order valence-corrected chi connectivity index (χ2v) is 4.09. The molecule has 2 rings (SSSR count). The molecule has 0 unspecified atom stereocenters. The number of fused-ring (bicyclic) bond motifs is 1. The fourth-order valence-corrected chi connectivity index (χ4v) is 2.29. The molecule has 0 amide bonds. The molecule has 0 fully saturated rings. The summed E-state index contributed by atoms with van der Waals surface area (Å²) in [6.45, 7) is 0.854. The first-order valence-corrected chi connectivity index (χ1v) is 5.79. The van der Waals surface area contributed by atoms with Crippen LogP contribution in [-0.4, -0.2) is 32.5 Å². The van der Waals surface area contributed by atoms with Crippen LogP contribution < -0.4 is 14.2 Å². The summed E-state index contributed by atoms with van der Waals surface area (Å²) in [5.41, 5.74) is 1.05. The molecule has 1 heterocycles. The van der Waals surface area contributed by atoms with Crippen LogP contribution in [0.15, 0.2) is 12.1 Å². The van der Waals surface area contributed by atoms with E-state index in [1.54, 1.807) is 14.2 Å². The molecular weight excluding hydrogens is 220 g/mol. The molecule has 1 N–H and O–H groups in total. The van der Waals surface area contributed by atoms with Crippen molar-refractivity contribution in [2.45, 2.75) is 18.8 Å². The molecule has 0 aliphatic carbocycles. The molecule has 1 atom stereocenters. The lowest BCUT2D eigenvalue weighted by atomic mass is 9.89. The van der Waals surface area contributed by atoms with Crippen LogP contribution in [-0.2, 0) is 0 Å². The molecule has 0 aromatic heterocycles. The highest BCUT2D eigenvalue weighted by Crippen LogP contribution is 2.44. The van der Waals surface area contributed by atoms with Crippen LogP contribution in [0, 0.1) is 0 Å². The van der Waals surface area contributed by atoms with Gasteiger partial charge in [-0.05, 0) is 18.8 Å². The molecule has 17 heavy (non-hydrogen) atoms. The minimum atomic E-state index is 0.180. The number of benzene rings is 1. The van der Waals surface area contributed by atoms with Gasteiger partial charge in [0, 0.05) is 24.3 Å². The van der Waals surface area contributed by atoms with Crippen LogP contribution in [0.2, 0.25) is 0 Å². The average molecular weight is 238 g/mol. The SMILES string of the molecule is COc1cc(OC)c2c(c1)OCC[C@H]2CCO. The average Bonchev–Trinajstić information content (AvgIpc) is 2.38. The quantitative estimate of drug-likeness (QED) is 0.871. The first kappa shape index (κ1) is 12.0. The van der Waals surface area contributed by atoms with Crippen LogP contribution in [0.4, 0.5) is 0 Å². The third-order valence-corrected chi connectivity index (χ3v) is 3.14. The van der Waals surface area contributed by atoms with Gasteiger partial charge in [-0.3, -0.25) is 0 Å². The van der Waals surface area contributed by atoms with Crippen molar-refractivity contribution in [1.29, 1.82) is 0 Å². The minimum absolute atomic E-state index is 0.180. The van der Waals surface area contributed by atoms with E-state index in [0.29, 0.717) is 12.5 Å². The zero-order valence-electron chi connectivity index (χ0n) is 10.2. The van der Waals surface area contributed by atoms with E-state index in [4.69, 9.17) is 19.3 Å². The van der Waals surface area contributed by atoms with Gasteiger partial charge in [0.2, 0.25) is 0 Å². The monoisotopic (exact) mass is 238 g/mol. The largest absolute Gasteiger partial charge is 0.496 e. The summed E-state index contributed by atoms with van der Waals surface area (Å²) >= 11 is 0. The number of aliphatic hydroxyl groups is 1. The van der Waals surface area contributed by atoms with E-state index in [-0.39, 0.29) is 6.61 Å². The number of ether oxygens (including phenoxy) is 3. The van der Waals surface area contributed by atoms with E-state index in [1.807, 2.05) is 12.1 Å². The van der Waals surface area contributed by atoms with Gasteiger partial charge in [0.15, 0.2) is 0 Å². The van der Waals surface area contributed by atoms with Gasteiger partial charge in [-0.2, -0.15) is 0 Å². The van der Waals surface area contributed by atoms with Crippen LogP contribution in [0.5, 0.6) is 17.2 Å². The van der Waals surface area contributed by atoms with Gasteiger partial charge < -0.3 is 19.3 Å². The Morgan fingerprint density at radius 2 is 2.18 bits per heavy atom. The Morgan fingerprint density at radius 3 is 2.82 bits per heavy atom. The third kappa shape index (κ3) is 2.31. The number of hydrogen-bond donors (Lipinski definition) is 1. The Balaban J connectivity index is 2.44. The molecule has 4 nitrogen and oxygen atoms in total. The van der Waals surface area contributed by atoms with Crippen molar-refractivity contribution in [2.75, 3.05) is 27.4 Å². The van der Waals surface area contributed by atoms with Crippen molar-refractivity contribution in [2.24, 2.45) is 0 Å². The summed E-state index contributed by atoms with van der Waals surface area (Å²) in [5.74, 6) is 2.61. The zero-order chi connectivity index (χ0) is 12.3. The van der Waals surface area contributed by atoms with E-state index in [9.17, 15) is 0 Å². The maximum absolute atomic E-state index is 9.10. The molecule has 1 aromatic rings. The van der Waals surface area contributed by atoms with Crippen molar-refractivity contribution >= 4 is 0 Å². The molecular formula is C13H18O4. The smallest absolute Gasteiger partial charge is 0.130 e. The van der Waals surface area contributed by atoms with E-state index >= 15 is 0 Å². The lowest BCUT2D eigenvalue weighted by Crippen LogP contribution is -2.16. The summed E-state index contributed by atoms with van der Waals surface area (Å²) in [5, 5.41) is 9.10. The Hall–Kier alpha value is -1.42. The molecule has 0 radical (unpaired) electrons. The van der Waals surface area contributed by atoms with Crippen molar-refractivity contribution in [3.05, 3.63) is 17.7 Å². The molecule has 0 spiro atoms. The molecule has 4 heteroatoms. The topological polar surface area (TPSA) is 47.9 Å². The van der Waals surface area contributed by atoms with Crippen LogP contribution in [0.3, 0.4) is 0 Å². The first-order valence-electron chi connectivity index (χ1n) is 5.79.